The predicted octanol–water partition coefficient (Wildman–Crippen LogP) is 1.90. The lowest BCUT2D eigenvalue weighted by Gasteiger charge is -2.35. The Morgan fingerprint density at radius 2 is 2.05 bits per heavy atom. The van der Waals surface area contributed by atoms with E-state index in [0.29, 0.717) is 17.1 Å². The summed E-state index contributed by atoms with van der Waals surface area (Å²) in [6.45, 7) is 1.75. The molecule has 0 aromatic carbocycles. The molecule has 116 valence electrons. The smallest absolute Gasteiger partial charge is 0.303 e. The molecule has 6 heteroatoms. The van der Waals surface area contributed by atoms with Gasteiger partial charge in [0, 0.05) is 24.8 Å². The van der Waals surface area contributed by atoms with E-state index in [0.717, 1.165) is 25.7 Å². The lowest BCUT2D eigenvalue weighted by Crippen LogP contribution is -2.36. The van der Waals surface area contributed by atoms with Crippen molar-refractivity contribution in [3.63, 3.8) is 0 Å². The zero-order valence-electron chi connectivity index (χ0n) is 12.6. The molecule has 2 rings (SSSR count). The van der Waals surface area contributed by atoms with Crippen LogP contribution < -0.4 is 5.56 Å². The number of hydrogen-bond acceptors (Lipinski definition) is 4. The van der Waals surface area contributed by atoms with E-state index < -0.39 is 11.6 Å². The van der Waals surface area contributed by atoms with Crippen LogP contribution in [-0.4, -0.2) is 28.2 Å². The highest BCUT2D eigenvalue weighted by atomic mass is 16.5. The van der Waals surface area contributed by atoms with Crippen LogP contribution in [0.25, 0.3) is 0 Å². The number of nitrogens with one attached hydrogen (secondary N) is 1. The van der Waals surface area contributed by atoms with Gasteiger partial charge in [-0.2, -0.15) is 0 Å². The first-order valence-electron chi connectivity index (χ1n) is 7.36. The molecule has 1 aromatic rings. The maximum atomic E-state index is 12.2. The van der Waals surface area contributed by atoms with Crippen LogP contribution in [0.3, 0.4) is 0 Å². The van der Waals surface area contributed by atoms with E-state index in [2.05, 4.69) is 9.97 Å². The maximum Gasteiger partial charge on any atom is 0.303 e. The molecule has 1 saturated carbocycles. The molecule has 21 heavy (non-hydrogen) atoms. The number of ether oxygens (including phenoxy) is 1. The van der Waals surface area contributed by atoms with Crippen molar-refractivity contribution in [2.75, 3.05) is 7.11 Å². The van der Waals surface area contributed by atoms with Gasteiger partial charge in [0.05, 0.1) is 0 Å². The molecule has 0 atom stereocenters. The van der Waals surface area contributed by atoms with Crippen LogP contribution in [-0.2, 0) is 21.6 Å². The number of aliphatic carboxylic acids is 1. The zero-order chi connectivity index (χ0) is 15.5. The summed E-state index contributed by atoms with van der Waals surface area (Å²) in [6, 6.07) is 0. The van der Waals surface area contributed by atoms with Gasteiger partial charge in [-0.25, -0.2) is 4.98 Å². The number of carboxylic acid groups (broad SMARTS) is 1. The number of carboxylic acids is 1. The minimum absolute atomic E-state index is 0.0691. The van der Waals surface area contributed by atoms with Crippen molar-refractivity contribution in [1.29, 1.82) is 0 Å². The Labute approximate surface area is 123 Å². The van der Waals surface area contributed by atoms with Gasteiger partial charge >= 0.3 is 5.97 Å². The third-order valence-electron chi connectivity index (χ3n) is 4.29. The van der Waals surface area contributed by atoms with Crippen LogP contribution >= 0.6 is 0 Å². The van der Waals surface area contributed by atoms with Gasteiger partial charge in [0.25, 0.3) is 5.56 Å². The number of nitrogens with zero attached hydrogens (tertiary/aromatic N) is 1. The number of hydrogen-bond donors (Lipinski definition) is 2. The Morgan fingerprint density at radius 3 is 2.57 bits per heavy atom. The minimum Gasteiger partial charge on any atom is -0.481 e. The van der Waals surface area contributed by atoms with E-state index >= 15 is 0 Å². The van der Waals surface area contributed by atoms with Gasteiger partial charge in [0.2, 0.25) is 0 Å². The maximum absolute atomic E-state index is 12.2. The molecular formula is C15H22N2O4. The second-order valence-electron chi connectivity index (χ2n) is 5.63. The first-order chi connectivity index (χ1) is 9.98. The predicted molar refractivity (Wildman–Crippen MR) is 77.3 cm³/mol. The number of rotatable bonds is 5. The molecule has 0 spiro atoms. The Morgan fingerprint density at radius 1 is 1.38 bits per heavy atom. The van der Waals surface area contributed by atoms with Crippen LogP contribution in [0.2, 0.25) is 0 Å². The summed E-state index contributed by atoms with van der Waals surface area (Å²) in [6.07, 6.45) is 5.10. The molecule has 0 bridgehead atoms. The highest BCUT2D eigenvalue weighted by Crippen LogP contribution is 2.38. The zero-order valence-corrected chi connectivity index (χ0v) is 12.6. The number of carbonyl (C=O) groups is 1. The van der Waals surface area contributed by atoms with Gasteiger partial charge in [-0.15, -0.1) is 0 Å². The van der Waals surface area contributed by atoms with Gasteiger partial charge < -0.3 is 14.8 Å². The van der Waals surface area contributed by atoms with Crippen LogP contribution in [0, 0.1) is 6.92 Å². The van der Waals surface area contributed by atoms with E-state index in [-0.39, 0.29) is 18.4 Å². The molecule has 1 aliphatic rings. The third kappa shape index (κ3) is 3.32. The molecule has 2 N–H and O–H groups in total. The second kappa shape index (κ2) is 6.39. The number of aromatic amines is 1. The molecule has 0 saturated heterocycles. The van der Waals surface area contributed by atoms with Crippen molar-refractivity contribution in [3.8, 4) is 0 Å². The monoisotopic (exact) mass is 294 g/mol. The Kier molecular flexibility index (Phi) is 4.77. The molecular weight excluding hydrogens is 272 g/mol. The fourth-order valence-electron chi connectivity index (χ4n) is 3.01. The molecule has 1 fully saturated rings. The average molecular weight is 294 g/mol. The molecule has 0 amide bonds. The van der Waals surface area contributed by atoms with Crippen LogP contribution in [0.15, 0.2) is 4.79 Å². The lowest BCUT2D eigenvalue weighted by molar-refractivity contribution is -0.136. The highest BCUT2D eigenvalue weighted by Gasteiger charge is 2.36. The van der Waals surface area contributed by atoms with Crippen molar-refractivity contribution in [3.05, 3.63) is 27.4 Å². The van der Waals surface area contributed by atoms with E-state index in [9.17, 15) is 9.59 Å². The van der Waals surface area contributed by atoms with Crippen molar-refractivity contribution >= 4 is 5.97 Å². The van der Waals surface area contributed by atoms with Crippen molar-refractivity contribution in [1.82, 2.24) is 9.97 Å². The first kappa shape index (κ1) is 15.7. The molecule has 6 nitrogen and oxygen atoms in total. The Balaban J connectivity index is 2.34. The lowest BCUT2D eigenvalue weighted by atomic mass is 9.83. The summed E-state index contributed by atoms with van der Waals surface area (Å²) in [7, 11) is 1.65. The molecule has 0 aliphatic heterocycles. The molecule has 0 unspecified atom stereocenters. The van der Waals surface area contributed by atoms with Crippen molar-refractivity contribution < 1.29 is 14.6 Å². The summed E-state index contributed by atoms with van der Waals surface area (Å²) in [5.74, 6) is -0.343. The molecule has 1 aliphatic carbocycles. The number of methoxy groups -OCH3 is 1. The van der Waals surface area contributed by atoms with Gasteiger partial charge in [0.1, 0.15) is 11.4 Å². The van der Waals surface area contributed by atoms with Gasteiger partial charge in [-0.1, -0.05) is 19.3 Å². The van der Waals surface area contributed by atoms with Gasteiger partial charge in [-0.05, 0) is 26.2 Å². The fraction of sp³-hybridized carbons (Fsp3) is 0.667. The summed E-state index contributed by atoms with van der Waals surface area (Å²) in [5.41, 5.74) is 0.286. The summed E-state index contributed by atoms with van der Waals surface area (Å²) >= 11 is 0. The Bertz CT molecular complexity index is 574. The number of aryl methyl sites for hydroxylation is 1. The second-order valence-corrected chi connectivity index (χ2v) is 5.63. The molecule has 1 aromatic heterocycles. The first-order valence-corrected chi connectivity index (χ1v) is 7.36. The summed E-state index contributed by atoms with van der Waals surface area (Å²) in [4.78, 5) is 30.2. The summed E-state index contributed by atoms with van der Waals surface area (Å²) in [5, 5.41) is 8.74. The summed E-state index contributed by atoms with van der Waals surface area (Å²) < 4.78 is 5.69. The van der Waals surface area contributed by atoms with E-state index in [4.69, 9.17) is 9.84 Å². The van der Waals surface area contributed by atoms with Crippen molar-refractivity contribution in [2.24, 2.45) is 0 Å². The number of aromatic nitrogens is 2. The van der Waals surface area contributed by atoms with Gasteiger partial charge in [-0.3, -0.25) is 9.59 Å². The minimum atomic E-state index is -0.918. The quantitative estimate of drug-likeness (QED) is 0.865. The highest BCUT2D eigenvalue weighted by molar-refractivity contribution is 5.67. The van der Waals surface area contributed by atoms with Crippen LogP contribution in [0.5, 0.6) is 0 Å². The molecule has 0 radical (unpaired) electrons. The Hall–Kier alpha value is -1.69. The van der Waals surface area contributed by atoms with E-state index in [1.807, 2.05) is 0 Å². The largest absolute Gasteiger partial charge is 0.481 e. The van der Waals surface area contributed by atoms with Crippen molar-refractivity contribution in [2.45, 2.75) is 57.5 Å². The van der Waals surface area contributed by atoms with Crippen LogP contribution in [0.1, 0.15) is 55.6 Å². The standard InChI is InChI=1S/C15H22N2O4/c1-10-11(6-7-12(18)19)13(20)17-14(16-10)15(21-2)8-4-3-5-9-15/h3-9H2,1-2H3,(H,18,19)(H,16,17,20). The van der Waals surface area contributed by atoms with Gasteiger partial charge in [0.15, 0.2) is 0 Å². The topological polar surface area (TPSA) is 92.3 Å². The SMILES string of the molecule is COC1(c2nc(C)c(CCC(=O)O)c(=O)[nH]2)CCCCC1. The average Bonchev–Trinajstić information content (AvgIpc) is 2.46. The van der Waals surface area contributed by atoms with E-state index in [1.165, 1.54) is 6.42 Å². The van der Waals surface area contributed by atoms with E-state index in [1.54, 1.807) is 14.0 Å². The number of H-pyrrole nitrogens is 1. The normalized spacial score (nSPS) is 17.6. The van der Waals surface area contributed by atoms with Crippen LogP contribution in [0.4, 0.5) is 0 Å². The fourth-order valence-corrected chi connectivity index (χ4v) is 3.01. The third-order valence-corrected chi connectivity index (χ3v) is 4.29. The molecule has 1 heterocycles.